The first-order valence-electron chi connectivity index (χ1n) is 6.85. The molecular formula is C17H21N3O. The number of hydrogen-bond donors (Lipinski definition) is 3. The van der Waals surface area contributed by atoms with Gasteiger partial charge in [-0.05, 0) is 35.2 Å². The molecule has 110 valence electrons. The molecule has 0 unspecified atom stereocenters. The van der Waals surface area contributed by atoms with E-state index in [2.05, 4.69) is 38.2 Å². The van der Waals surface area contributed by atoms with E-state index in [0.29, 0.717) is 16.9 Å². The van der Waals surface area contributed by atoms with Gasteiger partial charge in [-0.1, -0.05) is 39.0 Å². The van der Waals surface area contributed by atoms with Crippen molar-refractivity contribution in [2.75, 3.05) is 11.1 Å². The van der Waals surface area contributed by atoms with Gasteiger partial charge in [0.1, 0.15) is 0 Å². The van der Waals surface area contributed by atoms with Crippen molar-refractivity contribution >= 4 is 23.0 Å². The summed E-state index contributed by atoms with van der Waals surface area (Å²) >= 11 is 0. The molecule has 0 aliphatic heterocycles. The van der Waals surface area contributed by atoms with Crippen molar-refractivity contribution in [1.82, 2.24) is 0 Å². The largest absolute Gasteiger partial charge is 0.397 e. The average Bonchev–Trinajstić information content (AvgIpc) is 2.40. The molecule has 0 bridgehead atoms. The molecule has 2 rings (SSSR count). The molecule has 0 heterocycles. The van der Waals surface area contributed by atoms with Crippen molar-refractivity contribution in [3.05, 3.63) is 53.6 Å². The van der Waals surface area contributed by atoms with E-state index in [4.69, 9.17) is 11.5 Å². The molecule has 21 heavy (non-hydrogen) atoms. The van der Waals surface area contributed by atoms with E-state index in [1.807, 2.05) is 12.1 Å². The number of hydrogen-bond acceptors (Lipinski definition) is 3. The Hall–Kier alpha value is -2.49. The molecule has 4 nitrogen and oxygen atoms in total. The number of nitrogens with two attached hydrogens (primary N) is 2. The van der Waals surface area contributed by atoms with Gasteiger partial charge in [-0.3, -0.25) is 4.79 Å². The topological polar surface area (TPSA) is 81.1 Å². The first-order chi connectivity index (χ1) is 9.79. The second-order valence-corrected chi connectivity index (χ2v) is 6.09. The Kier molecular flexibility index (Phi) is 3.89. The number of anilines is 3. The number of benzene rings is 2. The molecule has 0 aliphatic carbocycles. The van der Waals surface area contributed by atoms with Gasteiger partial charge in [0.05, 0.1) is 16.9 Å². The van der Waals surface area contributed by atoms with Crippen LogP contribution in [0.2, 0.25) is 0 Å². The molecule has 1 amide bonds. The van der Waals surface area contributed by atoms with Gasteiger partial charge in [0.25, 0.3) is 5.91 Å². The predicted octanol–water partition coefficient (Wildman–Crippen LogP) is 3.41. The average molecular weight is 283 g/mol. The number of nitrogen functional groups attached to an aromatic ring is 1. The van der Waals surface area contributed by atoms with Crippen LogP contribution >= 0.6 is 0 Å². The van der Waals surface area contributed by atoms with Crippen molar-refractivity contribution in [2.45, 2.75) is 26.2 Å². The highest BCUT2D eigenvalue weighted by Gasteiger charge is 2.14. The molecule has 0 spiro atoms. The number of para-hydroxylation sites is 1. The normalized spacial score (nSPS) is 11.2. The van der Waals surface area contributed by atoms with Gasteiger partial charge in [-0.2, -0.15) is 0 Å². The first-order valence-corrected chi connectivity index (χ1v) is 6.85. The van der Waals surface area contributed by atoms with E-state index >= 15 is 0 Å². The lowest BCUT2D eigenvalue weighted by atomic mass is 9.87. The number of rotatable bonds is 3. The van der Waals surface area contributed by atoms with Crippen LogP contribution in [0.3, 0.4) is 0 Å². The summed E-state index contributed by atoms with van der Waals surface area (Å²) in [5, 5.41) is 3.17. The Balaban J connectivity index is 2.33. The second-order valence-electron chi connectivity index (χ2n) is 6.09. The third-order valence-corrected chi connectivity index (χ3v) is 3.38. The zero-order chi connectivity index (χ0) is 15.6. The van der Waals surface area contributed by atoms with E-state index in [9.17, 15) is 4.79 Å². The maximum atomic E-state index is 11.5. The first kappa shape index (κ1) is 14.9. The molecule has 0 saturated heterocycles. The lowest BCUT2D eigenvalue weighted by Gasteiger charge is -2.19. The Morgan fingerprint density at radius 3 is 2.19 bits per heavy atom. The highest BCUT2D eigenvalue weighted by molar-refractivity contribution is 6.02. The van der Waals surface area contributed by atoms with Crippen molar-refractivity contribution in [3.63, 3.8) is 0 Å². The Morgan fingerprint density at radius 2 is 1.67 bits per heavy atom. The SMILES string of the molecule is CC(C)(C)c1ccc(Nc2c(N)cccc2C(N)=O)cc1. The Labute approximate surface area is 125 Å². The van der Waals surface area contributed by atoms with Gasteiger partial charge in [0.2, 0.25) is 0 Å². The van der Waals surface area contributed by atoms with Crippen LogP contribution in [0.5, 0.6) is 0 Å². The highest BCUT2D eigenvalue weighted by Crippen LogP contribution is 2.29. The maximum absolute atomic E-state index is 11.5. The molecule has 0 fully saturated rings. The van der Waals surface area contributed by atoms with Crippen LogP contribution in [0.25, 0.3) is 0 Å². The zero-order valence-electron chi connectivity index (χ0n) is 12.6. The molecule has 0 radical (unpaired) electrons. The van der Waals surface area contributed by atoms with E-state index in [1.165, 1.54) is 5.56 Å². The molecule has 0 atom stereocenters. The van der Waals surface area contributed by atoms with Gasteiger partial charge in [-0.25, -0.2) is 0 Å². The summed E-state index contributed by atoms with van der Waals surface area (Å²) in [6, 6.07) is 13.2. The lowest BCUT2D eigenvalue weighted by molar-refractivity contribution is 0.100. The molecule has 4 heteroatoms. The molecular weight excluding hydrogens is 262 g/mol. The fraction of sp³-hybridized carbons (Fsp3) is 0.235. The van der Waals surface area contributed by atoms with Crippen molar-refractivity contribution in [2.24, 2.45) is 5.73 Å². The lowest BCUT2D eigenvalue weighted by Crippen LogP contribution is -2.14. The molecule has 2 aromatic carbocycles. The maximum Gasteiger partial charge on any atom is 0.250 e. The van der Waals surface area contributed by atoms with Crippen LogP contribution in [0.15, 0.2) is 42.5 Å². The molecule has 5 N–H and O–H groups in total. The third-order valence-electron chi connectivity index (χ3n) is 3.38. The van der Waals surface area contributed by atoms with Crippen molar-refractivity contribution in [1.29, 1.82) is 0 Å². The number of primary amides is 1. The van der Waals surface area contributed by atoms with Gasteiger partial charge < -0.3 is 16.8 Å². The Bertz CT molecular complexity index is 655. The summed E-state index contributed by atoms with van der Waals surface area (Å²) in [7, 11) is 0. The quantitative estimate of drug-likeness (QED) is 0.755. The summed E-state index contributed by atoms with van der Waals surface area (Å²) in [6.45, 7) is 6.49. The number of amides is 1. The minimum absolute atomic E-state index is 0.0999. The van der Waals surface area contributed by atoms with E-state index in [1.54, 1.807) is 18.2 Å². The van der Waals surface area contributed by atoms with Crippen LogP contribution in [-0.4, -0.2) is 5.91 Å². The molecule has 2 aromatic rings. The highest BCUT2D eigenvalue weighted by atomic mass is 16.1. The third kappa shape index (κ3) is 3.34. The number of carbonyl (C=O) groups excluding carboxylic acids is 1. The number of nitrogens with one attached hydrogen (secondary N) is 1. The van der Waals surface area contributed by atoms with Crippen molar-refractivity contribution < 1.29 is 4.79 Å². The summed E-state index contributed by atoms with van der Waals surface area (Å²) in [5.74, 6) is -0.504. The summed E-state index contributed by atoms with van der Waals surface area (Å²) in [4.78, 5) is 11.5. The van der Waals surface area contributed by atoms with Crippen LogP contribution in [0.4, 0.5) is 17.1 Å². The number of carbonyl (C=O) groups is 1. The van der Waals surface area contributed by atoms with Gasteiger partial charge in [0.15, 0.2) is 0 Å². The minimum Gasteiger partial charge on any atom is -0.397 e. The zero-order valence-corrected chi connectivity index (χ0v) is 12.6. The minimum atomic E-state index is -0.504. The smallest absolute Gasteiger partial charge is 0.250 e. The van der Waals surface area contributed by atoms with Gasteiger partial charge >= 0.3 is 0 Å². The van der Waals surface area contributed by atoms with Gasteiger partial charge in [-0.15, -0.1) is 0 Å². The van der Waals surface area contributed by atoms with E-state index < -0.39 is 5.91 Å². The molecule has 0 aliphatic rings. The standard InChI is InChI=1S/C17H21N3O/c1-17(2,3)11-7-9-12(10-8-11)20-15-13(16(19)21)5-4-6-14(15)18/h4-10,20H,18H2,1-3H3,(H2,19,21). The Morgan fingerprint density at radius 1 is 1.05 bits per heavy atom. The van der Waals surface area contributed by atoms with E-state index in [-0.39, 0.29) is 5.41 Å². The summed E-state index contributed by atoms with van der Waals surface area (Å²) in [5.41, 5.74) is 14.9. The second kappa shape index (κ2) is 5.48. The molecule has 0 aromatic heterocycles. The van der Waals surface area contributed by atoms with Crippen LogP contribution in [0, 0.1) is 0 Å². The van der Waals surface area contributed by atoms with Crippen molar-refractivity contribution in [3.8, 4) is 0 Å². The fourth-order valence-corrected chi connectivity index (χ4v) is 2.11. The van der Waals surface area contributed by atoms with Crippen LogP contribution in [0.1, 0.15) is 36.7 Å². The monoisotopic (exact) mass is 283 g/mol. The van der Waals surface area contributed by atoms with Crippen LogP contribution < -0.4 is 16.8 Å². The predicted molar refractivity (Wildman–Crippen MR) is 87.8 cm³/mol. The van der Waals surface area contributed by atoms with Gasteiger partial charge in [0, 0.05) is 5.69 Å². The summed E-state index contributed by atoms with van der Waals surface area (Å²) < 4.78 is 0. The van der Waals surface area contributed by atoms with Crippen LogP contribution in [-0.2, 0) is 5.41 Å². The fourth-order valence-electron chi connectivity index (χ4n) is 2.11. The summed E-state index contributed by atoms with van der Waals surface area (Å²) in [6.07, 6.45) is 0. The van der Waals surface area contributed by atoms with E-state index in [0.717, 1.165) is 5.69 Å². The molecule has 0 saturated carbocycles.